The molecule has 0 saturated carbocycles. The number of hydrogen-bond donors (Lipinski definition) is 2. The molecule has 1 aromatic heterocycles. The Balaban J connectivity index is 1.73. The van der Waals surface area contributed by atoms with Gasteiger partial charge in [0.25, 0.3) is 11.8 Å². The molecule has 0 spiro atoms. The van der Waals surface area contributed by atoms with E-state index in [0.29, 0.717) is 11.3 Å². The van der Waals surface area contributed by atoms with E-state index in [1.807, 2.05) is 0 Å². The lowest BCUT2D eigenvalue weighted by Crippen LogP contribution is -2.15. The molecule has 5 nitrogen and oxygen atoms in total. The summed E-state index contributed by atoms with van der Waals surface area (Å²) < 4.78 is 26.2. The topological polar surface area (TPSA) is 71.1 Å². The van der Waals surface area contributed by atoms with Crippen LogP contribution in [0.1, 0.15) is 20.7 Å². The maximum Gasteiger partial charge on any atom is 0.257 e. The van der Waals surface area contributed by atoms with Gasteiger partial charge in [-0.2, -0.15) is 0 Å². The first-order valence-electron chi connectivity index (χ1n) is 7.61. The van der Waals surface area contributed by atoms with Gasteiger partial charge < -0.3 is 10.6 Å². The zero-order valence-corrected chi connectivity index (χ0v) is 13.4. The molecule has 26 heavy (non-hydrogen) atoms. The normalized spacial score (nSPS) is 10.2. The third kappa shape index (κ3) is 4.07. The van der Waals surface area contributed by atoms with Crippen LogP contribution in [0.5, 0.6) is 0 Å². The predicted octanol–water partition coefficient (Wildman–Crippen LogP) is 3.86. The highest BCUT2D eigenvalue weighted by molar-refractivity contribution is 6.07. The molecule has 1 heterocycles. The molecule has 0 radical (unpaired) electrons. The number of nitrogens with one attached hydrogen (secondary N) is 2. The lowest BCUT2D eigenvalue weighted by molar-refractivity contribution is 0.101. The minimum absolute atomic E-state index is 0.124. The smallest absolute Gasteiger partial charge is 0.257 e. The minimum Gasteiger partial charge on any atom is -0.322 e. The summed E-state index contributed by atoms with van der Waals surface area (Å²) in [5, 5.41) is 5.14. The Morgan fingerprint density at radius 2 is 1.46 bits per heavy atom. The fraction of sp³-hybridized carbons (Fsp3) is 0. The average molecular weight is 353 g/mol. The van der Waals surface area contributed by atoms with E-state index in [4.69, 9.17) is 0 Å². The third-order valence-electron chi connectivity index (χ3n) is 3.48. The Bertz CT molecular complexity index is 962. The second-order valence-electron chi connectivity index (χ2n) is 5.36. The van der Waals surface area contributed by atoms with Gasteiger partial charge in [-0.1, -0.05) is 6.07 Å². The standard InChI is InChI=1S/C19H13F2N3O2/c20-16-7-6-15(10-17(16)21)24-18(25)12-3-1-5-14(9-12)23-19(26)13-4-2-8-22-11-13/h1-11H,(H,23,26)(H,24,25). The molecule has 2 aromatic carbocycles. The van der Waals surface area contributed by atoms with Crippen LogP contribution in [0, 0.1) is 11.6 Å². The van der Waals surface area contributed by atoms with Crippen LogP contribution < -0.4 is 10.6 Å². The summed E-state index contributed by atoms with van der Waals surface area (Å²) in [4.78, 5) is 28.3. The Kier molecular flexibility index (Phi) is 4.98. The van der Waals surface area contributed by atoms with E-state index in [9.17, 15) is 18.4 Å². The summed E-state index contributed by atoms with van der Waals surface area (Å²) in [5.74, 6) is -2.94. The second-order valence-corrected chi connectivity index (χ2v) is 5.36. The van der Waals surface area contributed by atoms with Gasteiger partial charge in [-0.25, -0.2) is 8.78 Å². The van der Waals surface area contributed by atoms with Crippen molar-refractivity contribution in [2.75, 3.05) is 10.6 Å². The number of carbonyl (C=O) groups is 2. The SMILES string of the molecule is O=C(Nc1cccc(C(=O)Nc2ccc(F)c(F)c2)c1)c1cccnc1. The van der Waals surface area contributed by atoms with E-state index >= 15 is 0 Å². The van der Waals surface area contributed by atoms with Gasteiger partial charge in [0, 0.05) is 35.4 Å². The lowest BCUT2D eigenvalue weighted by Gasteiger charge is -2.09. The highest BCUT2D eigenvalue weighted by Gasteiger charge is 2.11. The maximum absolute atomic E-state index is 13.2. The molecule has 3 aromatic rings. The summed E-state index contributed by atoms with van der Waals surface area (Å²) in [5.41, 5.74) is 1.17. The summed E-state index contributed by atoms with van der Waals surface area (Å²) in [6, 6.07) is 12.6. The fourth-order valence-electron chi connectivity index (χ4n) is 2.22. The number of aromatic nitrogens is 1. The molecule has 130 valence electrons. The molecule has 0 aliphatic heterocycles. The number of rotatable bonds is 4. The number of nitrogens with zero attached hydrogens (tertiary/aromatic N) is 1. The Labute approximate surface area is 147 Å². The molecule has 0 aliphatic carbocycles. The molecule has 7 heteroatoms. The Hall–Kier alpha value is -3.61. The Morgan fingerprint density at radius 1 is 0.769 bits per heavy atom. The largest absolute Gasteiger partial charge is 0.322 e. The number of amides is 2. The highest BCUT2D eigenvalue weighted by Crippen LogP contribution is 2.16. The highest BCUT2D eigenvalue weighted by atomic mass is 19.2. The Morgan fingerprint density at radius 3 is 2.15 bits per heavy atom. The third-order valence-corrected chi connectivity index (χ3v) is 3.48. The van der Waals surface area contributed by atoms with Crippen molar-refractivity contribution < 1.29 is 18.4 Å². The van der Waals surface area contributed by atoms with Crippen molar-refractivity contribution in [3.63, 3.8) is 0 Å². The zero-order valence-electron chi connectivity index (χ0n) is 13.4. The maximum atomic E-state index is 13.2. The van der Waals surface area contributed by atoms with Crippen LogP contribution in [-0.4, -0.2) is 16.8 Å². The number of anilines is 2. The van der Waals surface area contributed by atoms with E-state index in [1.165, 1.54) is 24.4 Å². The second kappa shape index (κ2) is 7.52. The number of pyridine rings is 1. The van der Waals surface area contributed by atoms with Gasteiger partial charge in [-0.15, -0.1) is 0 Å². The molecule has 3 rings (SSSR count). The van der Waals surface area contributed by atoms with Gasteiger partial charge in [0.1, 0.15) is 0 Å². The summed E-state index contributed by atoms with van der Waals surface area (Å²) >= 11 is 0. The first kappa shape index (κ1) is 17.2. The fourth-order valence-corrected chi connectivity index (χ4v) is 2.22. The van der Waals surface area contributed by atoms with Gasteiger partial charge in [0.15, 0.2) is 11.6 Å². The summed E-state index contributed by atoms with van der Waals surface area (Å²) in [6.45, 7) is 0. The molecular weight excluding hydrogens is 340 g/mol. The van der Waals surface area contributed by atoms with Crippen LogP contribution in [0.4, 0.5) is 20.2 Å². The van der Waals surface area contributed by atoms with E-state index in [-0.39, 0.29) is 17.2 Å². The van der Waals surface area contributed by atoms with Gasteiger partial charge in [0.2, 0.25) is 0 Å². The van der Waals surface area contributed by atoms with Crippen molar-refractivity contribution >= 4 is 23.2 Å². The molecule has 0 saturated heterocycles. The molecule has 0 fully saturated rings. The lowest BCUT2D eigenvalue weighted by atomic mass is 10.1. The molecule has 0 aliphatic rings. The van der Waals surface area contributed by atoms with Gasteiger partial charge in [0.05, 0.1) is 5.56 Å². The van der Waals surface area contributed by atoms with Gasteiger partial charge in [-0.05, 0) is 42.5 Å². The van der Waals surface area contributed by atoms with E-state index in [0.717, 1.165) is 12.1 Å². The first-order valence-corrected chi connectivity index (χ1v) is 7.61. The molecule has 2 amide bonds. The number of benzene rings is 2. The number of hydrogen-bond acceptors (Lipinski definition) is 3. The summed E-state index contributed by atoms with van der Waals surface area (Å²) in [7, 11) is 0. The van der Waals surface area contributed by atoms with Crippen molar-refractivity contribution in [2.45, 2.75) is 0 Å². The molecule has 0 atom stereocenters. The molecule has 0 unspecified atom stereocenters. The molecule has 2 N–H and O–H groups in total. The molecule has 0 bridgehead atoms. The van der Waals surface area contributed by atoms with Crippen LogP contribution in [0.2, 0.25) is 0 Å². The van der Waals surface area contributed by atoms with E-state index < -0.39 is 17.5 Å². The number of carbonyl (C=O) groups excluding carboxylic acids is 2. The monoisotopic (exact) mass is 353 g/mol. The van der Waals surface area contributed by atoms with Crippen LogP contribution in [0.3, 0.4) is 0 Å². The predicted molar refractivity (Wildman–Crippen MR) is 92.9 cm³/mol. The summed E-state index contributed by atoms with van der Waals surface area (Å²) in [6.07, 6.45) is 2.98. The van der Waals surface area contributed by atoms with Crippen LogP contribution >= 0.6 is 0 Å². The van der Waals surface area contributed by atoms with Crippen molar-refractivity contribution in [3.05, 3.63) is 89.8 Å². The van der Waals surface area contributed by atoms with E-state index in [1.54, 1.807) is 30.5 Å². The van der Waals surface area contributed by atoms with Crippen molar-refractivity contribution in [3.8, 4) is 0 Å². The zero-order chi connectivity index (χ0) is 18.5. The van der Waals surface area contributed by atoms with Crippen molar-refractivity contribution in [1.82, 2.24) is 4.98 Å². The van der Waals surface area contributed by atoms with Crippen LogP contribution in [0.15, 0.2) is 67.0 Å². The quantitative estimate of drug-likeness (QED) is 0.748. The minimum atomic E-state index is -1.06. The molecular formula is C19H13F2N3O2. The van der Waals surface area contributed by atoms with Crippen molar-refractivity contribution in [1.29, 1.82) is 0 Å². The first-order chi connectivity index (χ1) is 12.5. The van der Waals surface area contributed by atoms with E-state index in [2.05, 4.69) is 15.6 Å². The van der Waals surface area contributed by atoms with Crippen LogP contribution in [0.25, 0.3) is 0 Å². The van der Waals surface area contributed by atoms with Gasteiger partial charge in [-0.3, -0.25) is 14.6 Å². The van der Waals surface area contributed by atoms with Crippen molar-refractivity contribution in [2.24, 2.45) is 0 Å². The number of halogens is 2. The average Bonchev–Trinajstić information content (AvgIpc) is 2.65. The van der Waals surface area contributed by atoms with Gasteiger partial charge >= 0.3 is 0 Å². The van der Waals surface area contributed by atoms with Crippen LogP contribution in [-0.2, 0) is 0 Å².